The Balaban J connectivity index is 1.73. The summed E-state index contributed by atoms with van der Waals surface area (Å²) in [5, 5.41) is 6.87. The van der Waals surface area contributed by atoms with Gasteiger partial charge in [0.05, 0.1) is 12.2 Å². The third-order valence-electron chi connectivity index (χ3n) is 4.93. The van der Waals surface area contributed by atoms with Gasteiger partial charge in [-0.25, -0.2) is 4.39 Å². The van der Waals surface area contributed by atoms with Gasteiger partial charge in [0, 0.05) is 24.7 Å². The van der Waals surface area contributed by atoms with Crippen LogP contribution in [0.3, 0.4) is 0 Å². The first-order chi connectivity index (χ1) is 12.2. The zero-order valence-corrected chi connectivity index (χ0v) is 14.2. The van der Waals surface area contributed by atoms with E-state index in [2.05, 4.69) is 29.2 Å². The van der Waals surface area contributed by atoms with Gasteiger partial charge in [-0.3, -0.25) is 5.01 Å². The van der Waals surface area contributed by atoms with Crippen LogP contribution in [0.4, 0.5) is 10.1 Å². The number of nitrogens with zero attached hydrogens (tertiary/aromatic N) is 3. The van der Waals surface area contributed by atoms with Crippen molar-refractivity contribution in [2.75, 3.05) is 18.1 Å². The van der Waals surface area contributed by atoms with E-state index in [4.69, 9.17) is 10.8 Å². The van der Waals surface area contributed by atoms with Crippen LogP contribution in [0.1, 0.15) is 30.4 Å². The summed E-state index contributed by atoms with van der Waals surface area (Å²) < 4.78 is 13.3. The lowest BCUT2D eigenvalue weighted by Crippen LogP contribution is -2.43. The lowest BCUT2D eigenvalue weighted by Gasteiger charge is -2.33. The molecular weight excluding hydrogens is 315 g/mol. The monoisotopic (exact) mass is 338 g/mol. The Labute approximate surface area is 147 Å². The molecular formula is C20H23FN4. The molecule has 1 atom stereocenters. The quantitative estimate of drug-likeness (QED) is 0.867. The molecule has 130 valence electrons. The number of hydrogen-bond acceptors (Lipinski definition) is 4. The average Bonchev–Trinajstić information content (AvgIpc) is 2.86. The van der Waals surface area contributed by atoms with Gasteiger partial charge in [0.15, 0.2) is 5.84 Å². The van der Waals surface area contributed by atoms with Crippen LogP contribution in [-0.2, 0) is 6.54 Å². The SMILES string of the molecule is NC1CCCCN(C2=NN(c3ccc(F)cc3)Cc3ccccc32)C1. The van der Waals surface area contributed by atoms with Crippen molar-refractivity contribution in [3.05, 3.63) is 65.5 Å². The Morgan fingerprint density at radius 3 is 2.68 bits per heavy atom. The zero-order chi connectivity index (χ0) is 17.2. The molecule has 25 heavy (non-hydrogen) atoms. The number of halogens is 1. The molecule has 2 aliphatic heterocycles. The molecule has 2 heterocycles. The predicted octanol–water partition coefficient (Wildman–Crippen LogP) is 3.32. The minimum Gasteiger partial charge on any atom is -0.353 e. The fourth-order valence-electron chi connectivity index (χ4n) is 3.60. The van der Waals surface area contributed by atoms with Gasteiger partial charge in [-0.2, -0.15) is 5.10 Å². The van der Waals surface area contributed by atoms with Crippen molar-refractivity contribution in [3.63, 3.8) is 0 Å². The van der Waals surface area contributed by atoms with Gasteiger partial charge in [-0.1, -0.05) is 30.7 Å². The van der Waals surface area contributed by atoms with Crippen LogP contribution in [0.25, 0.3) is 0 Å². The first kappa shape index (κ1) is 16.1. The highest BCUT2D eigenvalue weighted by molar-refractivity contribution is 6.01. The summed E-state index contributed by atoms with van der Waals surface area (Å²) in [6.07, 6.45) is 3.35. The molecule has 2 N–H and O–H groups in total. The first-order valence-electron chi connectivity index (χ1n) is 8.91. The molecule has 0 aliphatic carbocycles. The minimum absolute atomic E-state index is 0.179. The number of nitrogens with two attached hydrogens (primary N) is 1. The molecule has 1 saturated heterocycles. The molecule has 0 radical (unpaired) electrons. The second-order valence-electron chi connectivity index (χ2n) is 6.82. The summed E-state index contributed by atoms with van der Waals surface area (Å²) >= 11 is 0. The Hall–Kier alpha value is -2.40. The van der Waals surface area contributed by atoms with E-state index in [0.717, 1.165) is 43.9 Å². The maximum atomic E-state index is 13.3. The summed E-state index contributed by atoms with van der Waals surface area (Å²) in [7, 11) is 0. The lowest BCUT2D eigenvalue weighted by molar-refractivity contribution is 0.408. The van der Waals surface area contributed by atoms with E-state index in [-0.39, 0.29) is 11.9 Å². The highest BCUT2D eigenvalue weighted by Crippen LogP contribution is 2.27. The van der Waals surface area contributed by atoms with Gasteiger partial charge in [0.25, 0.3) is 0 Å². The minimum atomic E-state index is -0.233. The van der Waals surface area contributed by atoms with Gasteiger partial charge >= 0.3 is 0 Å². The van der Waals surface area contributed by atoms with Crippen LogP contribution < -0.4 is 10.7 Å². The number of likely N-dealkylation sites (tertiary alicyclic amines) is 1. The smallest absolute Gasteiger partial charge is 0.156 e. The van der Waals surface area contributed by atoms with E-state index in [0.29, 0.717) is 6.54 Å². The average molecular weight is 338 g/mol. The molecule has 1 unspecified atom stereocenters. The predicted molar refractivity (Wildman–Crippen MR) is 99.0 cm³/mol. The fraction of sp³-hybridized carbons (Fsp3) is 0.350. The molecule has 0 aromatic heterocycles. The van der Waals surface area contributed by atoms with E-state index in [1.165, 1.54) is 23.3 Å². The summed E-state index contributed by atoms with van der Waals surface area (Å²) in [5.41, 5.74) is 9.57. The van der Waals surface area contributed by atoms with Gasteiger partial charge < -0.3 is 10.6 Å². The Bertz CT molecular complexity index is 772. The van der Waals surface area contributed by atoms with Gasteiger partial charge in [-0.15, -0.1) is 0 Å². The summed E-state index contributed by atoms with van der Waals surface area (Å²) in [4.78, 5) is 2.31. The molecule has 4 rings (SSSR count). The van der Waals surface area contributed by atoms with Gasteiger partial charge in [0.1, 0.15) is 5.82 Å². The molecule has 2 aromatic carbocycles. The topological polar surface area (TPSA) is 44.9 Å². The highest BCUT2D eigenvalue weighted by Gasteiger charge is 2.26. The van der Waals surface area contributed by atoms with Crippen LogP contribution in [0, 0.1) is 5.82 Å². The zero-order valence-electron chi connectivity index (χ0n) is 14.2. The second kappa shape index (κ2) is 6.84. The number of hydrogen-bond donors (Lipinski definition) is 1. The molecule has 0 bridgehead atoms. The van der Waals surface area contributed by atoms with Gasteiger partial charge in [-0.05, 0) is 42.7 Å². The molecule has 0 amide bonds. The van der Waals surface area contributed by atoms with Crippen molar-refractivity contribution in [2.45, 2.75) is 31.8 Å². The Morgan fingerprint density at radius 2 is 1.84 bits per heavy atom. The van der Waals surface area contributed by atoms with E-state index in [1.54, 1.807) is 12.1 Å². The number of benzene rings is 2. The molecule has 0 spiro atoms. The Kier molecular flexibility index (Phi) is 4.40. The van der Waals surface area contributed by atoms with E-state index in [9.17, 15) is 4.39 Å². The van der Waals surface area contributed by atoms with Crippen LogP contribution in [0.2, 0.25) is 0 Å². The van der Waals surface area contributed by atoms with E-state index < -0.39 is 0 Å². The summed E-state index contributed by atoms with van der Waals surface area (Å²) in [6, 6.07) is 15.1. The van der Waals surface area contributed by atoms with Crippen molar-refractivity contribution in [3.8, 4) is 0 Å². The fourth-order valence-corrected chi connectivity index (χ4v) is 3.60. The highest BCUT2D eigenvalue weighted by atomic mass is 19.1. The standard InChI is InChI=1S/C20H23FN4/c21-16-8-10-18(11-9-16)25-13-15-5-1-2-7-19(15)20(23-25)24-12-4-3-6-17(22)14-24/h1-2,5,7-11,17H,3-4,6,12-14,22H2. The van der Waals surface area contributed by atoms with Crippen molar-refractivity contribution in [1.29, 1.82) is 0 Å². The van der Waals surface area contributed by atoms with Crippen molar-refractivity contribution >= 4 is 11.5 Å². The number of amidine groups is 1. The molecule has 0 saturated carbocycles. The number of anilines is 1. The lowest BCUT2D eigenvalue weighted by atomic mass is 10.0. The largest absolute Gasteiger partial charge is 0.353 e. The van der Waals surface area contributed by atoms with Crippen LogP contribution >= 0.6 is 0 Å². The van der Waals surface area contributed by atoms with Crippen molar-refractivity contribution in [1.82, 2.24) is 4.90 Å². The maximum Gasteiger partial charge on any atom is 0.156 e. The van der Waals surface area contributed by atoms with Crippen molar-refractivity contribution in [2.24, 2.45) is 10.8 Å². The molecule has 5 heteroatoms. The van der Waals surface area contributed by atoms with Crippen LogP contribution in [0.5, 0.6) is 0 Å². The molecule has 1 fully saturated rings. The second-order valence-corrected chi connectivity index (χ2v) is 6.82. The molecule has 2 aromatic rings. The van der Waals surface area contributed by atoms with Crippen LogP contribution in [0.15, 0.2) is 53.6 Å². The van der Waals surface area contributed by atoms with Gasteiger partial charge in [0.2, 0.25) is 0 Å². The molecule has 2 aliphatic rings. The first-order valence-corrected chi connectivity index (χ1v) is 8.91. The third-order valence-corrected chi connectivity index (χ3v) is 4.93. The van der Waals surface area contributed by atoms with Crippen molar-refractivity contribution < 1.29 is 4.39 Å². The number of rotatable bonds is 1. The van der Waals surface area contributed by atoms with E-state index in [1.807, 2.05) is 5.01 Å². The van der Waals surface area contributed by atoms with E-state index >= 15 is 0 Å². The Morgan fingerprint density at radius 1 is 1.04 bits per heavy atom. The third kappa shape index (κ3) is 3.37. The normalized spacial score (nSPS) is 20.7. The summed E-state index contributed by atoms with van der Waals surface area (Å²) in [6.45, 7) is 2.48. The van der Waals surface area contributed by atoms with Crippen LogP contribution in [-0.4, -0.2) is 29.9 Å². The summed E-state index contributed by atoms with van der Waals surface area (Å²) in [5.74, 6) is 0.743. The molecule has 4 nitrogen and oxygen atoms in total. The maximum absolute atomic E-state index is 13.3. The number of fused-ring (bicyclic) bond motifs is 1. The number of hydrazone groups is 1.